The van der Waals surface area contributed by atoms with Crippen LogP contribution < -0.4 is 5.32 Å². The van der Waals surface area contributed by atoms with E-state index in [9.17, 15) is 19.5 Å². The zero-order chi connectivity index (χ0) is 15.9. The molecule has 0 aliphatic heterocycles. The highest BCUT2D eigenvalue weighted by molar-refractivity contribution is 6.05. The normalized spacial score (nSPS) is 28.6. The molecule has 1 amide bonds. The second-order valence-corrected chi connectivity index (χ2v) is 5.93. The van der Waals surface area contributed by atoms with E-state index in [1.54, 1.807) is 24.3 Å². The maximum Gasteiger partial charge on any atom is 0.307 e. The zero-order valence-electron chi connectivity index (χ0n) is 12.2. The molecule has 2 aliphatic carbocycles. The Morgan fingerprint density at radius 3 is 2.36 bits per heavy atom. The number of anilines is 1. The molecule has 0 aromatic heterocycles. The van der Waals surface area contributed by atoms with Gasteiger partial charge < -0.3 is 10.4 Å². The third-order valence-electron chi connectivity index (χ3n) is 4.61. The number of amides is 1. The minimum absolute atomic E-state index is 0.0319. The lowest BCUT2D eigenvalue weighted by Crippen LogP contribution is -2.36. The number of nitrogens with one attached hydrogen (secondary N) is 1. The van der Waals surface area contributed by atoms with Crippen LogP contribution in [0.4, 0.5) is 5.69 Å². The number of carbonyl (C=O) groups is 3. The summed E-state index contributed by atoms with van der Waals surface area (Å²) in [6.07, 6.45) is 4.55. The quantitative estimate of drug-likeness (QED) is 0.660. The number of hydrogen-bond donors (Lipinski definition) is 2. The molecule has 4 atom stereocenters. The molecule has 1 saturated carbocycles. The summed E-state index contributed by atoms with van der Waals surface area (Å²) in [7, 11) is 0. The number of carbonyl (C=O) groups excluding carboxylic acids is 2. The molecule has 1 aromatic rings. The van der Waals surface area contributed by atoms with Crippen molar-refractivity contribution >= 4 is 23.3 Å². The van der Waals surface area contributed by atoms with Gasteiger partial charge in [-0.25, -0.2) is 0 Å². The second-order valence-electron chi connectivity index (χ2n) is 5.93. The van der Waals surface area contributed by atoms with Crippen LogP contribution in [0.3, 0.4) is 0 Å². The molecule has 114 valence electrons. The Hall–Kier alpha value is -2.43. The van der Waals surface area contributed by atoms with Crippen molar-refractivity contribution in [3.05, 3.63) is 42.0 Å². The van der Waals surface area contributed by atoms with Crippen LogP contribution in [-0.2, 0) is 9.59 Å². The van der Waals surface area contributed by atoms with Crippen LogP contribution in [0.5, 0.6) is 0 Å². The van der Waals surface area contributed by atoms with E-state index in [0.717, 1.165) is 0 Å². The van der Waals surface area contributed by atoms with E-state index in [1.165, 1.54) is 6.92 Å². The largest absolute Gasteiger partial charge is 0.481 e. The van der Waals surface area contributed by atoms with Gasteiger partial charge in [-0.3, -0.25) is 14.4 Å². The summed E-state index contributed by atoms with van der Waals surface area (Å²) in [4.78, 5) is 35.7. The first-order valence-electron chi connectivity index (χ1n) is 7.31. The van der Waals surface area contributed by atoms with Crippen molar-refractivity contribution in [2.45, 2.75) is 13.3 Å². The summed E-state index contributed by atoms with van der Waals surface area (Å²) in [6, 6.07) is 6.77. The Kier molecular flexibility index (Phi) is 3.56. The fraction of sp³-hybridized carbons (Fsp3) is 0.353. The van der Waals surface area contributed by atoms with Crippen LogP contribution in [0.1, 0.15) is 23.7 Å². The number of ketones is 1. The maximum absolute atomic E-state index is 12.6. The summed E-state index contributed by atoms with van der Waals surface area (Å²) < 4.78 is 0. The minimum Gasteiger partial charge on any atom is -0.481 e. The molecule has 3 rings (SSSR count). The highest BCUT2D eigenvalue weighted by atomic mass is 16.4. The van der Waals surface area contributed by atoms with Gasteiger partial charge >= 0.3 is 5.97 Å². The van der Waals surface area contributed by atoms with E-state index < -0.39 is 17.8 Å². The first kappa shape index (κ1) is 14.5. The topological polar surface area (TPSA) is 83.5 Å². The number of aliphatic carboxylic acids is 1. The van der Waals surface area contributed by atoms with E-state index in [2.05, 4.69) is 5.32 Å². The van der Waals surface area contributed by atoms with E-state index in [0.29, 0.717) is 17.7 Å². The van der Waals surface area contributed by atoms with Crippen molar-refractivity contribution in [3.8, 4) is 0 Å². The highest BCUT2D eigenvalue weighted by Crippen LogP contribution is 2.48. The van der Waals surface area contributed by atoms with E-state index in [-0.39, 0.29) is 23.5 Å². The van der Waals surface area contributed by atoms with Crippen molar-refractivity contribution in [1.29, 1.82) is 0 Å². The van der Waals surface area contributed by atoms with Crippen molar-refractivity contribution in [2.75, 3.05) is 5.32 Å². The van der Waals surface area contributed by atoms with Crippen LogP contribution in [0.25, 0.3) is 0 Å². The number of fused-ring (bicyclic) bond motifs is 2. The van der Waals surface area contributed by atoms with Crippen LogP contribution in [-0.4, -0.2) is 22.8 Å². The average molecular weight is 299 g/mol. The number of benzene rings is 1. The van der Waals surface area contributed by atoms with Gasteiger partial charge in [0.25, 0.3) is 0 Å². The van der Waals surface area contributed by atoms with Crippen molar-refractivity contribution in [3.63, 3.8) is 0 Å². The zero-order valence-corrected chi connectivity index (χ0v) is 12.2. The van der Waals surface area contributed by atoms with Crippen LogP contribution in [0.15, 0.2) is 36.4 Å². The monoisotopic (exact) mass is 299 g/mol. The van der Waals surface area contributed by atoms with Crippen molar-refractivity contribution in [2.24, 2.45) is 23.7 Å². The van der Waals surface area contributed by atoms with E-state index in [1.807, 2.05) is 12.2 Å². The van der Waals surface area contributed by atoms with Gasteiger partial charge in [0.15, 0.2) is 5.78 Å². The van der Waals surface area contributed by atoms with Crippen LogP contribution >= 0.6 is 0 Å². The summed E-state index contributed by atoms with van der Waals surface area (Å²) in [5, 5.41) is 12.1. The Morgan fingerprint density at radius 2 is 1.73 bits per heavy atom. The lowest BCUT2D eigenvalue weighted by molar-refractivity contribution is -0.146. The lowest BCUT2D eigenvalue weighted by atomic mass is 9.82. The Labute approximate surface area is 128 Å². The van der Waals surface area contributed by atoms with Gasteiger partial charge in [-0.1, -0.05) is 24.3 Å². The molecular formula is C17H17NO4. The number of carboxylic acid groups (broad SMARTS) is 1. The van der Waals surface area contributed by atoms with Crippen molar-refractivity contribution < 1.29 is 19.5 Å². The van der Waals surface area contributed by atoms with Gasteiger partial charge in [0, 0.05) is 5.56 Å². The molecule has 0 unspecified atom stereocenters. The Balaban J connectivity index is 1.85. The Morgan fingerprint density at radius 1 is 1.09 bits per heavy atom. The van der Waals surface area contributed by atoms with E-state index in [4.69, 9.17) is 0 Å². The lowest BCUT2D eigenvalue weighted by Gasteiger charge is -2.24. The number of para-hydroxylation sites is 1. The first-order chi connectivity index (χ1) is 10.5. The molecule has 5 heteroatoms. The smallest absolute Gasteiger partial charge is 0.307 e. The van der Waals surface area contributed by atoms with Crippen molar-refractivity contribution in [1.82, 2.24) is 0 Å². The van der Waals surface area contributed by atoms with Gasteiger partial charge in [0.05, 0.1) is 17.5 Å². The molecule has 22 heavy (non-hydrogen) atoms. The summed E-state index contributed by atoms with van der Waals surface area (Å²) in [5.41, 5.74) is 0.873. The maximum atomic E-state index is 12.6. The van der Waals surface area contributed by atoms with Crippen LogP contribution in [0, 0.1) is 23.7 Å². The molecule has 0 heterocycles. The molecule has 0 spiro atoms. The fourth-order valence-electron chi connectivity index (χ4n) is 3.63. The van der Waals surface area contributed by atoms with E-state index >= 15 is 0 Å². The number of hydrogen-bond acceptors (Lipinski definition) is 3. The summed E-state index contributed by atoms with van der Waals surface area (Å²) in [6.45, 7) is 1.44. The predicted molar refractivity (Wildman–Crippen MR) is 80.4 cm³/mol. The Bertz CT molecular complexity index is 679. The average Bonchev–Trinajstić information content (AvgIpc) is 3.08. The van der Waals surface area contributed by atoms with Gasteiger partial charge in [0.1, 0.15) is 0 Å². The fourth-order valence-corrected chi connectivity index (χ4v) is 3.63. The highest BCUT2D eigenvalue weighted by Gasteiger charge is 2.51. The summed E-state index contributed by atoms with van der Waals surface area (Å²) >= 11 is 0. The third kappa shape index (κ3) is 2.32. The minimum atomic E-state index is -0.933. The SMILES string of the molecule is CC(=O)c1ccccc1NC(=O)[C@H]1[C@@H](C(=O)O)[C@H]2C=C[C@H]1C2. The molecule has 2 aliphatic rings. The molecule has 2 N–H and O–H groups in total. The van der Waals surface area contributed by atoms with Gasteiger partial charge in [-0.05, 0) is 37.3 Å². The standard InChI is InChI=1S/C17H17NO4/c1-9(19)12-4-2-3-5-13(12)18-16(20)14-10-6-7-11(8-10)15(14)17(21)22/h2-7,10-11,14-15H,8H2,1H3,(H,18,20)(H,21,22)/t10-,11-,14+,15-/m0/s1. The predicted octanol–water partition coefficient (Wildman–Crippen LogP) is 2.35. The molecule has 0 radical (unpaired) electrons. The third-order valence-corrected chi connectivity index (χ3v) is 4.61. The molecular weight excluding hydrogens is 282 g/mol. The first-order valence-corrected chi connectivity index (χ1v) is 7.31. The molecule has 1 aromatic carbocycles. The van der Waals surface area contributed by atoms with Crippen LogP contribution in [0.2, 0.25) is 0 Å². The molecule has 0 saturated heterocycles. The second kappa shape index (κ2) is 5.40. The van der Waals surface area contributed by atoms with Gasteiger partial charge in [0.2, 0.25) is 5.91 Å². The van der Waals surface area contributed by atoms with Gasteiger partial charge in [-0.2, -0.15) is 0 Å². The summed E-state index contributed by atoms with van der Waals surface area (Å²) in [5.74, 6) is -2.75. The number of carboxylic acids is 1. The molecule has 5 nitrogen and oxygen atoms in total. The number of Topliss-reactive ketones (excluding diaryl/α,β-unsaturated/α-hetero) is 1. The molecule has 2 bridgehead atoms. The number of allylic oxidation sites excluding steroid dienone is 2. The number of rotatable bonds is 4. The van der Waals surface area contributed by atoms with Gasteiger partial charge in [-0.15, -0.1) is 0 Å². The molecule has 1 fully saturated rings.